The predicted molar refractivity (Wildman–Crippen MR) is 155 cm³/mol. The van der Waals surface area contributed by atoms with Crippen molar-refractivity contribution in [2.24, 2.45) is 0 Å². The molecule has 40 heavy (non-hydrogen) atoms. The molecule has 0 saturated carbocycles. The van der Waals surface area contributed by atoms with Crippen molar-refractivity contribution >= 4 is 58.2 Å². The van der Waals surface area contributed by atoms with Gasteiger partial charge in [0.15, 0.2) is 0 Å². The third kappa shape index (κ3) is 6.26. The van der Waals surface area contributed by atoms with E-state index in [1.54, 1.807) is 24.3 Å². The van der Waals surface area contributed by atoms with Gasteiger partial charge in [0, 0.05) is 10.0 Å². The molecule has 0 unspecified atom stereocenters. The SMILES string of the molecule is O=C1C[C@H](NCCc2ccc(Cl)cc2)C(=O)N1c1ccc(N2C(=O)C[C@@H](NCCc3ccc(Cl)cc3)C2=O)cc1. The third-order valence-electron chi connectivity index (χ3n) is 7.09. The fourth-order valence-corrected chi connectivity index (χ4v) is 5.21. The zero-order valence-electron chi connectivity index (χ0n) is 21.6. The third-order valence-corrected chi connectivity index (χ3v) is 7.60. The Morgan fingerprint density at radius 3 is 1.27 bits per heavy atom. The first kappa shape index (κ1) is 28.0. The maximum atomic E-state index is 13.0. The zero-order valence-corrected chi connectivity index (χ0v) is 23.1. The summed E-state index contributed by atoms with van der Waals surface area (Å²) in [5, 5.41) is 7.67. The molecule has 5 rings (SSSR count). The quantitative estimate of drug-likeness (QED) is 0.354. The second-order valence-electron chi connectivity index (χ2n) is 9.83. The first-order chi connectivity index (χ1) is 19.3. The van der Waals surface area contributed by atoms with Gasteiger partial charge in [-0.1, -0.05) is 47.5 Å². The fraction of sp³-hybridized carbons (Fsp3) is 0.267. The standard InChI is InChI=1S/C30H28Cl2N4O4/c31-21-5-1-19(2-6-21)13-15-33-25-17-27(37)35(29(25)39)23-9-11-24(12-10-23)36-28(38)18-26(30(36)40)34-16-14-20-3-7-22(32)8-4-20/h1-12,25-26,33-34H,13-18H2/t25-,26+. The first-order valence-electron chi connectivity index (χ1n) is 13.1. The van der Waals surface area contributed by atoms with Gasteiger partial charge in [-0.15, -0.1) is 0 Å². The van der Waals surface area contributed by atoms with Crippen LogP contribution in [0.4, 0.5) is 11.4 Å². The molecule has 3 aromatic rings. The average Bonchev–Trinajstić information content (AvgIpc) is 3.39. The lowest BCUT2D eigenvalue weighted by molar-refractivity contribution is -0.123. The number of amides is 4. The largest absolute Gasteiger partial charge is 0.305 e. The Morgan fingerprint density at radius 2 is 0.925 bits per heavy atom. The maximum absolute atomic E-state index is 13.0. The van der Waals surface area contributed by atoms with Gasteiger partial charge in [-0.25, -0.2) is 9.80 Å². The fourth-order valence-electron chi connectivity index (χ4n) is 4.96. The molecule has 10 heteroatoms. The smallest absolute Gasteiger partial charge is 0.251 e. The van der Waals surface area contributed by atoms with Gasteiger partial charge in [0.1, 0.15) is 0 Å². The molecule has 0 aromatic heterocycles. The molecule has 0 bridgehead atoms. The molecule has 0 spiro atoms. The molecule has 2 N–H and O–H groups in total. The number of anilines is 2. The van der Waals surface area contributed by atoms with Crippen LogP contribution in [-0.2, 0) is 32.0 Å². The molecule has 2 heterocycles. The van der Waals surface area contributed by atoms with E-state index in [9.17, 15) is 19.2 Å². The van der Waals surface area contributed by atoms with Crippen molar-refractivity contribution in [3.05, 3.63) is 94.0 Å². The molecule has 2 atom stereocenters. The predicted octanol–water partition coefficient (Wildman–Crippen LogP) is 3.92. The van der Waals surface area contributed by atoms with Gasteiger partial charge < -0.3 is 10.6 Å². The lowest BCUT2D eigenvalue weighted by atomic mass is 10.1. The highest BCUT2D eigenvalue weighted by Crippen LogP contribution is 2.28. The molecule has 2 aliphatic heterocycles. The molecule has 0 radical (unpaired) electrons. The van der Waals surface area contributed by atoms with Gasteiger partial charge in [-0.05, 0) is 85.6 Å². The minimum Gasteiger partial charge on any atom is -0.305 e. The Labute approximate surface area is 242 Å². The van der Waals surface area contributed by atoms with Crippen LogP contribution in [0.5, 0.6) is 0 Å². The summed E-state index contributed by atoms with van der Waals surface area (Å²) in [5.74, 6) is -1.26. The molecule has 0 aliphatic carbocycles. The van der Waals surface area contributed by atoms with Gasteiger partial charge >= 0.3 is 0 Å². The van der Waals surface area contributed by atoms with Crippen LogP contribution in [0.1, 0.15) is 24.0 Å². The van der Waals surface area contributed by atoms with E-state index in [0.29, 0.717) is 47.4 Å². The molecule has 8 nitrogen and oxygen atoms in total. The van der Waals surface area contributed by atoms with Gasteiger partial charge in [0.05, 0.1) is 36.3 Å². The number of hydrogen-bond donors (Lipinski definition) is 2. The summed E-state index contributed by atoms with van der Waals surface area (Å²) in [5.41, 5.74) is 2.95. The monoisotopic (exact) mass is 578 g/mol. The number of imide groups is 2. The molecule has 3 aromatic carbocycles. The summed E-state index contributed by atoms with van der Waals surface area (Å²) in [6.07, 6.45) is 1.51. The normalized spacial score (nSPS) is 19.2. The molecule has 2 fully saturated rings. The lowest BCUT2D eigenvalue weighted by Gasteiger charge is -2.19. The molecule has 4 amide bonds. The number of hydrogen-bond acceptors (Lipinski definition) is 6. The number of carbonyl (C=O) groups is 4. The summed E-state index contributed by atoms with van der Waals surface area (Å²) in [6, 6.07) is 20.1. The van der Waals surface area contributed by atoms with Crippen molar-refractivity contribution in [1.29, 1.82) is 0 Å². The summed E-state index contributed by atoms with van der Waals surface area (Å²) in [7, 11) is 0. The Balaban J connectivity index is 1.16. The van der Waals surface area contributed by atoms with Crippen LogP contribution in [0.2, 0.25) is 10.0 Å². The highest BCUT2D eigenvalue weighted by molar-refractivity contribution is 6.30. The van der Waals surface area contributed by atoms with Crippen LogP contribution in [0, 0.1) is 0 Å². The first-order valence-corrected chi connectivity index (χ1v) is 13.8. The van der Waals surface area contributed by atoms with Gasteiger partial charge in [-0.3, -0.25) is 19.2 Å². The summed E-state index contributed by atoms with van der Waals surface area (Å²) < 4.78 is 0. The van der Waals surface area contributed by atoms with Gasteiger partial charge in [-0.2, -0.15) is 0 Å². The minimum absolute atomic E-state index is 0.0632. The van der Waals surface area contributed by atoms with Crippen LogP contribution in [0.15, 0.2) is 72.8 Å². The number of carbonyl (C=O) groups excluding carboxylic acids is 4. The highest BCUT2D eigenvalue weighted by Gasteiger charge is 2.41. The maximum Gasteiger partial charge on any atom is 0.251 e. The van der Waals surface area contributed by atoms with Crippen molar-refractivity contribution in [1.82, 2.24) is 10.6 Å². The van der Waals surface area contributed by atoms with E-state index in [4.69, 9.17) is 23.2 Å². The van der Waals surface area contributed by atoms with Gasteiger partial charge in [0.25, 0.3) is 11.8 Å². The molecule has 206 valence electrons. The highest BCUT2D eigenvalue weighted by atomic mass is 35.5. The van der Waals surface area contributed by atoms with Crippen LogP contribution < -0.4 is 20.4 Å². The molecular formula is C30H28Cl2N4O4. The van der Waals surface area contributed by atoms with E-state index >= 15 is 0 Å². The van der Waals surface area contributed by atoms with Gasteiger partial charge in [0.2, 0.25) is 11.8 Å². The Morgan fingerprint density at radius 1 is 0.575 bits per heavy atom. The molecule has 2 aliphatic rings. The second kappa shape index (κ2) is 12.3. The van der Waals surface area contributed by atoms with E-state index in [1.807, 2.05) is 48.5 Å². The zero-order chi connectivity index (χ0) is 28.2. The van der Waals surface area contributed by atoms with Crippen LogP contribution in [-0.4, -0.2) is 48.8 Å². The van der Waals surface area contributed by atoms with Crippen molar-refractivity contribution in [2.75, 3.05) is 22.9 Å². The van der Waals surface area contributed by atoms with Crippen LogP contribution in [0.25, 0.3) is 0 Å². The van der Waals surface area contributed by atoms with Crippen molar-refractivity contribution in [2.45, 2.75) is 37.8 Å². The van der Waals surface area contributed by atoms with E-state index in [0.717, 1.165) is 20.9 Å². The number of nitrogens with one attached hydrogen (secondary N) is 2. The van der Waals surface area contributed by atoms with E-state index in [2.05, 4.69) is 10.6 Å². The molecular weight excluding hydrogens is 551 g/mol. The van der Waals surface area contributed by atoms with Crippen LogP contribution in [0.3, 0.4) is 0 Å². The van der Waals surface area contributed by atoms with Crippen molar-refractivity contribution in [3.8, 4) is 0 Å². The topological polar surface area (TPSA) is 98.8 Å². The summed E-state index contributed by atoms with van der Waals surface area (Å²) >= 11 is 11.8. The Hall–Kier alpha value is -3.56. The Kier molecular flexibility index (Phi) is 8.61. The van der Waals surface area contributed by atoms with E-state index in [1.165, 1.54) is 0 Å². The van der Waals surface area contributed by atoms with Crippen molar-refractivity contribution in [3.63, 3.8) is 0 Å². The van der Waals surface area contributed by atoms with E-state index < -0.39 is 12.1 Å². The lowest BCUT2D eigenvalue weighted by Crippen LogP contribution is -2.40. The second-order valence-corrected chi connectivity index (χ2v) is 10.7. The van der Waals surface area contributed by atoms with Crippen LogP contribution >= 0.6 is 23.2 Å². The van der Waals surface area contributed by atoms with Crippen molar-refractivity contribution < 1.29 is 19.2 Å². The number of halogens is 2. The van der Waals surface area contributed by atoms with E-state index in [-0.39, 0.29) is 36.5 Å². The minimum atomic E-state index is -0.610. The number of benzene rings is 3. The summed E-state index contributed by atoms with van der Waals surface area (Å²) in [6.45, 7) is 1.07. The Bertz CT molecular complexity index is 1300. The number of nitrogens with zero attached hydrogens (tertiary/aromatic N) is 2. The number of rotatable bonds is 10. The average molecular weight is 579 g/mol. The summed E-state index contributed by atoms with van der Waals surface area (Å²) in [4.78, 5) is 53.7. The molecule has 2 saturated heterocycles.